The Hall–Kier alpha value is -2.83. The highest BCUT2D eigenvalue weighted by Crippen LogP contribution is 2.34. The smallest absolute Gasteiger partial charge is 0.417 e. The van der Waals surface area contributed by atoms with Crippen molar-refractivity contribution in [2.24, 2.45) is 0 Å². The van der Waals surface area contributed by atoms with Crippen LogP contribution >= 0.6 is 0 Å². The molecule has 24 heavy (non-hydrogen) atoms. The van der Waals surface area contributed by atoms with Gasteiger partial charge in [0, 0.05) is 5.56 Å². The Labute approximate surface area is 135 Å². The lowest BCUT2D eigenvalue weighted by Crippen LogP contribution is -2.12. The van der Waals surface area contributed by atoms with E-state index in [1.807, 2.05) is 0 Å². The number of halogens is 3. The van der Waals surface area contributed by atoms with Crippen molar-refractivity contribution in [2.75, 3.05) is 0 Å². The summed E-state index contributed by atoms with van der Waals surface area (Å²) in [6.07, 6.45) is -4.66. The lowest BCUT2D eigenvalue weighted by atomic mass is 10.0. The van der Waals surface area contributed by atoms with E-state index in [4.69, 9.17) is 9.84 Å². The molecule has 2 aromatic carbocycles. The largest absolute Gasteiger partial charge is 0.489 e. The minimum atomic E-state index is -4.66. The summed E-state index contributed by atoms with van der Waals surface area (Å²) in [6, 6.07) is 8.92. The van der Waals surface area contributed by atoms with Gasteiger partial charge in [0.25, 0.3) is 0 Å². The lowest BCUT2D eigenvalue weighted by molar-refractivity contribution is -0.138. The number of ketones is 1. The zero-order valence-electron chi connectivity index (χ0n) is 12.6. The molecule has 2 aromatic rings. The molecule has 0 bridgehead atoms. The van der Waals surface area contributed by atoms with E-state index in [2.05, 4.69) is 0 Å². The van der Waals surface area contributed by atoms with Crippen molar-refractivity contribution in [3.05, 3.63) is 64.7 Å². The number of carbonyl (C=O) groups is 2. The van der Waals surface area contributed by atoms with Crippen LogP contribution in [0.15, 0.2) is 42.5 Å². The van der Waals surface area contributed by atoms with Gasteiger partial charge in [-0.25, -0.2) is 4.79 Å². The third-order valence-electron chi connectivity index (χ3n) is 3.28. The van der Waals surface area contributed by atoms with E-state index in [0.717, 1.165) is 19.1 Å². The fourth-order valence-electron chi connectivity index (χ4n) is 2.06. The summed E-state index contributed by atoms with van der Waals surface area (Å²) in [4.78, 5) is 22.0. The molecule has 0 saturated heterocycles. The van der Waals surface area contributed by atoms with Crippen LogP contribution in [-0.2, 0) is 12.8 Å². The SMILES string of the molecule is CC(=O)c1ccc(OCc2ccc(C(=O)O)cc2)cc1C(F)(F)F. The number of carboxylic acids is 1. The zero-order valence-corrected chi connectivity index (χ0v) is 12.6. The number of carbonyl (C=O) groups excluding carboxylic acids is 1. The molecule has 0 fully saturated rings. The van der Waals surface area contributed by atoms with Gasteiger partial charge < -0.3 is 9.84 Å². The van der Waals surface area contributed by atoms with Gasteiger partial charge >= 0.3 is 12.1 Å². The van der Waals surface area contributed by atoms with Crippen molar-refractivity contribution in [2.45, 2.75) is 19.7 Å². The summed E-state index contributed by atoms with van der Waals surface area (Å²) in [5.41, 5.74) is -0.762. The van der Waals surface area contributed by atoms with E-state index in [-0.39, 0.29) is 17.9 Å². The second kappa shape index (κ2) is 6.74. The van der Waals surface area contributed by atoms with Crippen LogP contribution in [0.25, 0.3) is 0 Å². The van der Waals surface area contributed by atoms with E-state index in [1.54, 1.807) is 0 Å². The van der Waals surface area contributed by atoms with Gasteiger partial charge in [0.1, 0.15) is 12.4 Å². The summed E-state index contributed by atoms with van der Waals surface area (Å²) in [7, 11) is 0. The Balaban J connectivity index is 2.18. The minimum absolute atomic E-state index is 0.0311. The molecule has 0 amide bonds. The summed E-state index contributed by atoms with van der Waals surface area (Å²) in [6.45, 7) is 1.03. The van der Waals surface area contributed by atoms with Crippen LogP contribution in [0.2, 0.25) is 0 Å². The Morgan fingerprint density at radius 1 is 1.08 bits per heavy atom. The van der Waals surface area contributed by atoms with E-state index in [1.165, 1.54) is 30.3 Å². The number of Topliss-reactive ketones (excluding diaryl/α,β-unsaturated/α-hetero) is 1. The third-order valence-corrected chi connectivity index (χ3v) is 3.28. The average Bonchev–Trinajstić information content (AvgIpc) is 2.52. The average molecular weight is 338 g/mol. The molecule has 0 aliphatic rings. The highest BCUT2D eigenvalue weighted by atomic mass is 19.4. The van der Waals surface area contributed by atoms with Gasteiger partial charge in [-0.2, -0.15) is 13.2 Å². The molecule has 126 valence electrons. The van der Waals surface area contributed by atoms with Crippen LogP contribution in [0.5, 0.6) is 5.75 Å². The monoisotopic (exact) mass is 338 g/mol. The molecule has 0 atom stereocenters. The zero-order chi connectivity index (χ0) is 17.9. The number of aromatic carboxylic acids is 1. The molecule has 0 heterocycles. The molecule has 0 aliphatic carbocycles. The molecule has 0 aliphatic heterocycles. The van der Waals surface area contributed by atoms with E-state index in [0.29, 0.717) is 5.56 Å². The van der Waals surface area contributed by atoms with Gasteiger partial charge in [-0.05, 0) is 42.8 Å². The highest BCUT2D eigenvalue weighted by molar-refractivity contribution is 5.96. The van der Waals surface area contributed by atoms with Crippen molar-refractivity contribution in [3.63, 3.8) is 0 Å². The summed E-state index contributed by atoms with van der Waals surface area (Å²) < 4.78 is 44.3. The van der Waals surface area contributed by atoms with Gasteiger partial charge in [0.15, 0.2) is 5.78 Å². The van der Waals surface area contributed by atoms with Crippen LogP contribution in [0.1, 0.15) is 38.8 Å². The number of hydrogen-bond acceptors (Lipinski definition) is 3. The highest BCUT2D eigenvalue weighted by Gasteiger charge is 2.34. The van der Waals surface area contributed by atoms with Crippen LogP contribution in [0, 0.1) is 0 Å². The fourth-order valence-corrected chi connectivity index (χ4v) is 2.06. The predicted octanol–water partition coefficient (Wildman–Crippen LogP) is 4.19. The third kappa shape index (κ3) is 4.13. The first-order valence-electron chi connectivity index (χ1n) is 6.85. The lowest BCUT2D eigenvalue weighted by Gasteiger charge is -2.13. The molecule has 0 aromatic heterocycles. The van der Waals surface area contributed by atoms with Gasteiger partial charge in [0.2, 0.25) is 0 Å². The number of carboxylic acid groups (broad SMARTS) is 1. The molecular formula is C17H13F3O4. The number of rotatable bonds is 5. The summed E-state index contributed by atoms with van der Waals surface area (Å²) in [5, 5.41) is 8.80. The fraction of sp³-hybridized carbons (Fsp3) is 0.176. The number of ether oxygens (including phenoxy) is 1. The Morgan fingerprint density at radius 2 is 1.71 bits per heavy atom. The number of benzene rings is 2. The second-order valence-electron chi connectivity index (χ2n) is 5.05. The molecule has 0 unspecified atom stereocenters. The first-order valence-corrected chi connectivity index (χ1v) is 6.85. The van der Waals surface area contributed by atoms with Crippen molar-refractivity contribution < 1.29 is 32.6 Å². The molecular weight excluding hydrogens is 325 g/mol. The van der Waals surface area contributed by atoms with Gasteiger partial charge in [-0.3, -0.25) is 4.79 Å². The van der Waals surface area contributed by atoms with Crippen molar-refractivity contribution in [1.82, 2.24) is 0 Å². The molecule has 0 spiro atoms. The maximum absolute atomic E-state index is 13.0. The van der Waals surface area contributed by atoms with Crippen LogP contribution in [-0.4, -0.2) is 16.9 Å². The number of hydrogen-bond donors (Lipinski definition) is 1. The standard InChI is InChI=1S/C17H13F3O4/c1-10(21)14-7-6-13(8-15(14)17(18,19)20)24-9-11-2-4-12(5-3-11)16(22)23/h2-8H,9H2,1H3,(H,22,23). The quantitative estimate of drug-likeness (QED) is 0.831. The molecule has 7 heteroatoms. The molecule has 2 rings (SSSR count). The first-order chi connectivity index (χ1) is 11.2. The van der Waals surface area contributed by atoms with Gasteiger partial charge in [-0.15, -0.1) is 0 Å². The Morgan fingerprint density at radius 3 is 2.21 bits per heavy atom. The van der Waals surface area contributed by atoms with Crippen LogP contribution in [0.4, 0.5) is 13.2 Å². The van der Waals surface area contributed by atoms with Crippen LogP contribution in [0.3, 0.4) is 0 Å². The predicted molar refractivity (Wildman–Crippen MR) is 79.2 cm³/mol. The normalized spacial score (nSPS) is 11.2. The van der Waals surface area contributed by atoms with E-state index >= 15 is 0 Å². The summed E-state index contributed by atoms with van der Waals surface area (Å²) >= 11 is 0. The van der Waals surface area contributed by atoms with Crippen molar-refractivity contribution >= 4 is 11.8 Å². The van der Waals surface area contributed by atoms with Gasteiger partial charge in [-0.1, -0.05) is 12.1 Å². The topological polar surface area (TPSA) is 63.6 Å². The van der Waals surface area contributed by atoms with E-state index in [9.17, 15) is 22.8 Å². The van der Waals surface area contributed by atoms with Crippen LogP contribution < -0.4 is 4.74 Å². The number of alkyl halides is 3. The van der Waals surface area contributed by atoms with Crippen molar-refractivity contribution in [1.29, 1.82) is 0 Å². The Kier molecular flexibility index (Phi) is 4.92. The maximum atomic E-state index is 13.0. The maximum Gasteiger partial charge on any atom is 0.417 e. The molecule has 4 nitrogen and oxygen atoms in total. The first kappa shape index (κ1) is 17.5. The van der Waals surface area contributed by atoms with E-state index < -0.39 is 29.1 Å². The van der Waals surface area contributed by atoms with Crippen molar-refractivity contribution in [3.8, 4) is 5.75 Å². The van der Waals surface area contributed by atoms with Gasteiger partial charge in [0.05, 0.1) is 11.1 Å². The molecule has 1 N–H and O–H groups in total. The minimum Gasteiger partial charge on any atom is -0.489 e. The second-order valence-corrected chi connectivity index (χ2v) is 5.05. The summed E-state index contributed by atoms with van der Waals surface area (Å²) in [5.74, 6) is -1.79. The molecule has 0 saturated carbocycles. The molecule has 0 radical (unpaired) electrons. The Bertz CT molecular complexity index is 764.